The van der Waals surface area contributed by atoms with Crippen molar-refractivity contribution < 1.29 is 9.16 Å². The number of nitrogens with zero attached hydrogens (tertiary/aromatic N) is 5. The van der Waals surface area contributed by atoms with Crippen molar-refractivity contribution in [3.8, 4) is 11.4 Å². The van der Waals surface area contributed by atoms with Crippen LogP contribution in [0.2, 0.25) is 18.1 Å². The third-order valence-electron chi connectivity index (χ3n) is 9.72. The molecule has 0 amide bonds. The minimum absolute atomic E-state index is 0.121. The fourth-order valence-electron chi connectivity index (χ4n) is 6.05. The number of rotatable bonds is 10. The zero-order chi connectivity index (χ0) is 34.6. The van der Waals surface area contributed by atoms with Gasteiger partial charge in [-0.3, -0.25) is 9.98 Å². The molecule has 7 nitrogen and oxygen atoms in total. The molecule has 0 bridgehead atoms. The number of aromatic nitrogens is 3. The van der Waals surface area contributed by atoms with Crippen LogP contribution in [-0.2, 0) is 9.16 Å². The molecule has 1 saturated heterocycles. The zero-order valence-electron chi connectivity index (χ0n) is 29.9. The highest BCUT2D eigenvalue weighted by Gasteiger charge is 2.37. The van der Waals surface area contributed by atoms with Gasteiger partial charge in [-0.25, -0.2) is 9.97 Å². The van der Waals surface area contributed by atoms with Gasteiger partial charge in [0.1, 0.15) is 5.82 Å². The second-order valence-corrected chi connectivity index (χ2v) is 19.5. The standard InChI is InChI=1S/C41H49N5O2Si/c1-29-27-46(28-30(2)48-29)39-20-14-19-34(44-39)35-22-21-33-26-42-38(25-37(33)43-35)36(23-24-47-49(6,7)41(3,4)5)45-40(31-15-10-8-11-16-31)32-17-12-9-13-18-32/h8-22,25-26,29-30,36H,23-24,27-28H2,1-7H3/t29-,30+,36?. The van der Waals surface area contributed by atoms with Gasteiger partial charge in [0.2, 0.25) is 0 Å². The molecule has 0 saturated carbocycles. The lowest BCUT2D eigenvalue weighted by atomic mass is 10.0. The van der Waals surface area contributed by atoms with Crippen LogP contribution in [0.4, 0.5) is 5.82 Å². The van der Waals surface area contributed by atoms with E-state index in [1.165, 1.54) is 0 Å². The zero-order valence-corrected chi connectivity index (χ0v) is 30.9. The molecule has 1 aliphatic heterocycles. The predicted molar refractivity (Wildman–Crippen MR) is 204 cm³/mol. The summed E-state index contributed by atoms with van der Waals surface area (Å²) in [4.78, 5) is 22.9. The van der Waals surface area contributed by atoms with Crippen LogP contribution in [0, 0.1) is 0 Å². The summed E-state index contributed by atoms with van der Waals surface area (Å²) < 4.78 is 12.6. The van der Waals surface area contributed by atoms with Crippen LogP contribution in [-0.4, -0.2) is 60.9 Å². The first-order valence-corrected chi connectivity index (χ1v) is 20.3. The summed E-state index contributed by atoms with van der Waals surface area (Å²) in [6, 6.07) is 33.0. The number of hydrogen-bond acceptors (Lipinski definition) is 7. The quantitative estimate of drug-likeness (QED) is 0.109. The smallest absolute Gasteiger partial charge is 0.191 e. The number of benzene rings is 2. The lowest BCUT2D eigenvalue weighted by Crippen LogP contribution is -2.45. The molecule has 5 aromatic rings. The Labute approximate surface area is 292 Å². The van der Waals surface area contributed by atoms with Crippen molar-refractivity contribution in [1.82, 2.24) is 15.0 Å². The highest BCUT2D eigenvalue weighted by Crippen LogP contribution is 2.37. The maximum atomic E-state index is 6.68. The molecule has 254 valence electrons. The van der Waals surface area contributed by atoms with E-state index in [0.717, 1.165) is 63.7 Å². The molecule has 2 aromatic carbocycles. The molecule has 1 unspecified atom stereocenters. The van der Waals surface area contributed by atoms with Crippen LogP contribution in [0.5, 0.6) is 0 Å². The number of fused-ring (bicyclic) bond motifs is 1. The van der Waals surface area contributed by atoms with Crippen LogP contribution < -0.4 is 4.90 Å². The molecular formula is C41H49N5O2Si. The molecule has 1 aliphatic rings. The van der Waals surface area contributed by atoms with Crippen molar-refractivity contribution in [3.05, 3.63) is 120 Å². The van der Waals surface area contributed by atoms with Gasteiger partial charge >= 0.3 is 0 Å². The summed E-state index contributed by atoms with van der Waals surface area (Å²) in [5.74, 6) is 0.947. The molecule has 3 atom stereocenters. The van der Waals surface area contributed by atoms with Gasteiger partial charge in [-0.15, -0.1) is 0 Å². The summed E-state index contributed by atoms with van der Waals surface area (Å²) in [6.07, 6.45) is 2.94. The maximum Gasteiger partial charge on any atom is 0.191 e. The van der Waals surface area contributed by atoms with Crippen LogP contribution in [0.3, 0.4) is 0 Å². The molecule has 0 aliphatic carbocycles. The first kappa shape index (κ1) is 34.6. The van der Waals surface area contributed by atoms with Crippen LogP contribution >= 0.6 is 0 Å². The van der Waals surface area contributed by atoms with Gasteiger partial charge in [0.25, 0.3) is 0 Å². The second-order valence-electron chi connectivity index (χ2n) is 14.7. The highest BCUT2D eigenvalue weighted by molar-refractivity contribution is 6.74. The molecule has 1 fully saturated rings. The highest BCUT2D eigenvalue weighted by atomic mass is 28.4. The summed E-state index contributed by atoms with van der Waals surface area (Å²) >= 11 is 0. The van der Waals surface area contributed by atoms with Gasteiger partial charge in [0, 0.05) is 42.4 Å². The van der Waals surface area contributed by atoms with Crippen molar-refractivity contribution in [1.29, 1.82) is 0 Å². The van der Waals surface area contributed by atoms with Crippen molar-refractivity contribution in [2.45, 2.75) is 77.4 Å². The van der Waals surface area contributed by atoms with Crippen LogP contribution in [0.25, 0.3) is 22.3 Å². The van der Waals surface area contributed by atoms with E-state index >= 15 is 0 Å². The van der Waals surface area contributed by atoms with E-state index in [1.54, 1.807) is 0 Å². The SMILES string of the molecule is C[C@@H]1CN(c2cccc(-c3ccc4cnc(C(CCO[Si](C)(C)C(C)(C)C)N=C(c5ccccc5)c5ccccc5)cc4n3)n2)C[C@H](C)O1. The van der Waals surface area contributed by atoms with Crippen molar-refractivity contribution in [2.24, 2.45) is 4.99 Å². The number of aliphatic imine (C=N–C) groups is 1. The van der Waals surface area contributed by atoms with Gasteiger partial charge in [-0.1, -0.05) is 87.5 Å². The summed E-state index contributed by atoms with van der Waals surface area (Å²) in [6.45, 7) is 17.9. The Kier molecular flexibility index (Phi) is 10.4. The first-order chi connectivity index (χ1) is 23.5. The largest absolute Gasteiger partial charge is 0.417 e. The van der Waals surface area contributed by atoms with Gasteiger partial charge in [-0.2, -0.15) is 0 Å². The van der Waals surface area contributed by atoms with Crippen molar-refractivity contribution in [3.63, 3.8) is 0 Å². The maximum absolute atomic E-state index is 6.68. The molecule has 0 N–H and O–H groups in total. The average molecular weight is 672 g/mol. The number of ether oxygens (including phenoxy) is 1. The number of pyridine rings is 3. The molecule has 4 heterocycles. The Balaban J connectivity index is 1.37. The van der Waals surface area contributed by atoms with E-state index in [1.807, 2.05) is 30.5 Å². The fraction of sp³-hybridized carbons (Fsp3) is 0.366. The lowest BCUT2D eigenvalue weighted by molar-refractivity contribution is -0.00545. The molecule has 0 spiro atoms. The van der Waals surface area contributed by atoms with Crippen molar-refractivity contribution >= 4 is 30.7 Å². The summed E-state index contributed by atoms with van der Waals surface area (Å²) in [5, 5.41) is 1.10. The summed E-state index contributed by atoms with van der Waals surface area (Å²) in [7, 11) is -1.95. The molecule has 3 aromatic heterocycles. The Morgan fingerprint density at radius 1 is 0.857 bits per heavy atom. The third-order valence-corrected chi connectivity index (χ3v) is 14.3. The molecule has 8 heteroatoms. The predicted octanol–water partition coefficient (Wildman–Crippen LogP) is 9.30. The Bertz CT molecular complexity index is 1840. The number of hydrogen-bond donors (Lipinski definition) is 0. The van der Waals surface area contributed by atoms with E-state index in [2.05, 4.69) is 125 Å². The average Bonchev–Trinajstić information content (AvgIpc) is 3.09. The van der Waals surface area contributed by atoms with E-state index in [4.69, 9.17) is 29.1 Å². The summed E-state index contributed by atoms with van der Waals surface area (Å²) in [5.41, 5.74) is 6.50. The van der Waals surface area contributed by atoms with E-state index in [0.29, 0.717) is 13.0 Å². The van der Waals surface area contributed by atoms with Crippen molar-refractivity contribution in [2.75, 3.05) is 24.6 Å². The Hall–Kier alpha value is -4.24. The number of morpholine rings is 1. The van der Waals surface area contributed by atoms with E-state index in [-0.39, 0.29) is 23.3 Å². The minimum Gasteiger partial charge on any atom is -0.417 e. The Morgan fingerprint density at radius 2 is 1.49 bits per heavy atom. The normalized spacial score (nSPS) is 17.6. The monoisotopic (exact) mass is 671 g/mol. The topological polar surface area (TPSA) is 72.7 Å². The molecular weight excluding hydrogens is 623 g/mol. The first-order valence-electron chi connectivity index (χ1n) is 17.4. The van der Waals surface area contributed by atoms with Crippen LogP contribution in [0.15, 0.2) is 108 Å². The third kappa shape index (κ3) is 8.32. The van der Waals surface area contributed by atoms with Gasteiger partial charge in [-0.05, 0) is 68.7 Å². The Morgan fingerprint density at radius 3 is 2.12 bits per heavy atom. The van der Waals surface area contributed by atoms with E-state index < -0.39 is 8.32 Å². The second kappa shape index (κ2) is 14.7. The number of anilines is 1. The molecule has 0 radical (unpaired) electrons. The van der Waals surface area contributed by atoms with Gasteiger partial charge in [0.15, 0.2) is 8.32 Å². The van der Waals surface area contributed by atoms with Gasteiger partial charge in [0.05, 0.1) is 46.6 Å². The van der Waals surface area contributed by atoms with E-state index in [9.17, 15) is 0 Å². The van der Waals surface area contributed by atoms with Gasteiger partial charge < -0.3 is 14.1 Å². The van der Waals surface area contributed by atoms with Crippen LogP contribution in [0.1, 0.15) is 63.9 Å². The lowest BCUT2D eigenvalue weighted by Gasteiger charge is -2.36. The molecule has 6 rings (SSSR count). The molecule has 49 heavy (non-hydrogen) atoms. The minimum atomic E-state index is -1.95. The fourth-order valence-corrected chi connectivity index (χ4v) is 7.11.